The van der Waals surface area contributed by atoms with Gasteiger partial charge in [-0.25, -0.2) is 0 Å². The molecule has 1 amide bonds. The summed E-state index contributed by atoms with van der Waals surface area (Å²) >= 11 is 0. The highest BCUT2D eigenvalue weighted by Gasteiger charge is 2.27. The second-order valence-corrected chi connectivity index (χ2v) is 6.52. The van der Waals surface area contributed by atoms with Crippen LogP contribution in [0.2, 0.25) is 0 Å². The number of benzene rings is 1. The second-order valence-electron chi connectivity index (χ2n) is 6.52. The van der Waals surface area contributed by atoms with E-state index in [1.54, 1.807) is 0 Å². The second kappa shape index (κ2) is 8.38. The largest absolute Gasteiger partial charge is 0.490 e. The van der Waals surface area contributed by atoms with Crippen LogP contribution in [0.1, 0.15) is 32.6 Å². The van der Waals surface area contributed by atoms with Crippen LogP contribution in [0.25, 0.3) is 0 Å². The molecule has 1 saturated heterocycles. The standard InChI is InChI=1S/C19H28N2O3/c1-2-23-17-9-5-6-10-18(17)24-15-19(22)21-13-11-20(12-14-21)16-7-3-4-8-16/h5-6,9-10,16H,2-4,7-8,11-15H2,1H3. The zero-order valence-electron chi connectivity index (χ0n) is 14.6. The summed E-state index contributed by atoms with van der Waals surface area (Å²) in [6.07, 6.45) is 5.37. The average molecular weight is 332 g/mol. The molecule has 0 atom stereocenters. The van der Waals surface area contributed by atoms with Crippen molar-refractivity contribution >= 4 is 5.91 Å². The highest BCUT2D eigenvalue weighted by molar-refractivity contribution is 5.78. The third-order valence-electron chi connectivity index (χ3n) is 5.01. The molecule has 5 nitrogen and oxygen atoms in total. The van der Waals surface area contributed by atoms with Gasteiger partial charge in [-0.15, -0.1) is 0 Å². The molecule has 1 aromatic rings. The minimum absolute atomic E-state index is 0.0624. The molecule has 1 aliphatic carbocycles. The van der Waals surface area contributed by atoms with Crippen molar-refractivity contribution in [2.75, 3.05) is 39.4 Å². The minimum Gasteiger partial charge on any atom is -0.490 e. The van der Waals surface area contributed by atoms with Gasteiger partial charge in [-0.05, 0) is 31.9 Å². The van der Waals surface area contributed by atoms with Crippen molar-refractivity contribution in [2.45, 2.75) is 38.6 Å². The molecule has 24 heavy (non-hydrogen) atoms. The summed E-state index contributed by atoms with van der Waals surface area (Å²) in [6, 6.07) is 8.25. The van der Waals surface area contributed by atoms with Crippen LogP contribution in [-0.2, 0) is 4.79 Å². The first-order valence-electron chi connectivity index (χ1n) is 9.14. The van der Waals surface area contributed by atoms with Crippen LogP contribution in [0.3, 0.4) is 0 Å². The van der Waals surface area contributed by atoms with Crippen LogP contribution in [-0.4, -0.2) is 61.1 Å². The summed E-state index contributed by atoms with van der Waals surface area (Å²) in [6.45, 7) is 6.20. The molecule has 3 rings (SSSR count). The predicted octanol–water partition coefficient (Wildman–Crippen LogP) is 2.55. The summed E-state index contributed by atoms with van der Waals surface area (Å²) < 4.78 is 11.2. The van der Waals surface area contributed by atoms with Gasteiger partial charge in [0.05, 0.1) is 6.61 Å². The number of piperazine rings is 1. The molecule has 0 aromatic heterocycles. The molecule has 5 heteroatoms. The molecule has 0 unspecified atom stereocenters. The third-order valence-corrected chi connectivity index (χ3v) is 5.01. The van der Waals surface area contributed by atoms with Crippen molar-refractivity contribution in [1.29, 1.82) is 0 Å². The molecule has 1 heterocycles. The number of nitrogens with zero attached hydrogens (tertiary/aromatic N) is 2. The maximum atomic E-state index is 12.4. The van der Waals surface area contributed by atoms with Crippen LogP contribution in [0, 0.1) is 0 Å². The number of amides is 1. The SMILES string of the molecule is CCOc1ccccc1OCC(=O)N1CCN(C2CCCC2)CC1. The Hall–Kier alpha value is -1.75. The normalized spacial score (nSPS) is 19.5. The van der Waals surface area contributed by atoms with E-state index in [4.69, 9.17) is 9.47 Å². The maximum absolute atomic E-state index is 12.4. The van der Waals surface area contributed by atoms with E-state index >= 15 is 0 Å². The molecule has 132 valence electrons. The fraction of sp³-hybridized carbons (Fsp3) is 0.632. The number of para-hydroxylation sites is 2. The zero-order valence-corrected chi connectivity index (χ0v) is 14.6. The summed E-state index contributed by atoms with van der Waals surface area (Å²) in [4.78, 5) is 16.9. The third kappa shape index (κ3) is 4.20. The van der Waals surface area contributed by atoms with Crippen molar-refractivity contribution in [3.8, 4) is 11.5 Å². The summed E-state index contributed by atoms with van der Waals surface area (Å²) in [5, 5.41) is 0. The molecule has 1 aliphatic heterocycles. The lowest BCUT2D eigenvalue weighted by atomic mass is 10.2. The molecule has 0 bridgehead atoms. The number of carbonyl (C=O) groups excluding carboxylic acids is 1. The lowest BCUT2D eigenvalue weighted by Gasteiger charge is -2.38. The van der Waals surface area contributed by atoms with Crippen LogP contribution < -0.4 is 9.47 Å². The fourth-order valence-corrected chi connectivity index (χ4v) is 3.68. The van der Waals surface area contributed by atoms with E-state index < -0.39 is 0 Å². The topological polar surface area (TPSA) is 42.0 Å². The van der Waals surface area contributed by atoms with Crippen molar-refractivity contribution in [3.05, 3.63) is 24.3 Å². The molecular formula is C19H28N2O3. The van der Waals surface area contributed by atoms with Gasteiger partial charge in [0.2, 0.25) is 0 Å². The molecule has 0 spiro atoms. The van der Waals surface area contributed by atoms with E-state index in [1.165, 1.54) is 25.7 Å². The first-order valence-corrected chi connectivity index (χ1v) is 9.14. The van der Waals surface area contributed by atoms with Gasteiger partial charge in [-0.1, -0.05) is 25.0 Å². The smallest absolute Gasteiger partial charge is 0.260 e. The Kier molecular flexibility index (Phi) is 5.96. The quantitative estimate of drug-likeness (QED) is 0.803. The zero-order chi connectivity index (χ0) is 16.8. The van der Waals surface area contributed by atoms with Gasteiger partial charge in [0.25, 0.3) is 5.91 Å². The highest BCUT2D eigenvalue weighted by Crippen LogP contribution is 2.27. The van der Waals surface area contributed by atoms with E-state index in [-0.39, 0.29) is 12.5 Å². The van der Waals surface area contributed by atoms with E-state index in [2.05, 4.69) is 4.90 Å². The van der Waals surface area contributed by atoms with Crippen LogP contribution >= 0.6 is 0 Å². The molecule has 2 aliphatic rings. The highest BCUT2D eigenvalue weighted by atomic mass is 16.5. The summed E-state index contributed by atoms with van der Waals surface area (Å²) in [5.74, 6) is 1.39. The Labute approximate surface area is 144 Å². The van der Waals surface area contributed by atoms with E-state index in [9.17, 15) is 4.79 Å². The van der Waals surface area contributed by atoms with Crippen molar-refractivity contribution in [2.24, 2.45) is 0 Å². The van der Waals surface area contributed by atoms with E-state index in [0.29, 0.717) is 18.1 Å². The van der Waals surface area contributed by atoms with Gasteiger partial charge >= 0.3 is 0 Å². The molecule has 1 aromatic carbocycles. The first kappa shape index (κ1) is 17.1. The first-order chi connectivity index (χ1) is 11.8. The van der Waals surface area contributed by atoms with Crippen LogP contribution in [0.4, 0.5) is 0 Å². The Morgan fingerprint density at radius 2 is 1.67 bits per heavy atom. The van der Waals surface area contributed by atoms with Crippen molar-refractivity contribution in [1.82, 2.24) is 9.80 Å². The number of carbonyl (C=O) groups is 1. The number of rotatable bonds is 6. The van der Waals surface area contributed by atoms with Gasteiger partial charge in [-0.2, -0.15) is 0 Å². The molecular weight excluding hydrogens is 304 g/mol. The monoisotopic (exact) mass is 332 g/mol. The Morgan fingerprint density at radius 1 is 1.04 bits per heavy atom. The number of hydrogen-bond acceptors (Lipinski definition) is 4. The summed E-state index contributed by atoms with van der Waals surface area (Å²) in [5.41, 5.74) is 0. The lowest BCUT2D eigenvalue weighted by molar-refractivity contribution is -0.135. The van der Waals surface area contributed by atoms with Gasteiger partial charge < -0.3 is 14.4 Å². The number of ether oxygens (including phenoxy) is 2. The van der Waals surface area contributed by atoms with Gasteiger partial charge in [-0.3, -0.25) is 9.69 Å². The predicted molar refractivity (Wildman–Crippen MR) is 93.5 cm³/mol. The van der Waals surface area contributed by atoms with Crippen LogP contribution in [0.5, 0.6) is 11.5 Å². The van der Waals surface area contributed by atoms with Gasteiger partial charge in [0, 0.05) is 32.2 Å². The maximum Gasteiger partial charge on any atom is 0.260 e. The fourth-order valence-electron chi connectivity index (χ4n) is 3.68. The average Bonchev–Trinajstić information content (AvgIpc) is 3.16. The van der Waals surface area contributed by atoms with Crippen molar-refractivity contribution < 1.29 is 14.3 Å². The van der Waals surface area contributed by atoms with Crippen molar-refractivity contribution in [3.63, 3.8) is 0 Å². The molecule has 2 fully saturated rings. The molecule has 0 N–H and O–H groups in total. The Bertz CT molecular complexity index is 535. The van der Waals surface area contributed by atoms with Gasteiger partial charge in [0.1, 0.15) is 0 Å². The Morgan fingerprint density at radius 3 is 2.29 bits per heavy atom. The minimum atomic E-state index is 0.0624. The Balaban J connectivity index is 1.46. The number of hydrogen-bond donors (Lipinski definition) is 0. The molecule has 1 saturated carbocycles. The van der Waals surface area contributed by atoms with Gasteiger partial charge in [0.15, 0.2) is 18.1 Å². The lowest BCUT2D eigenvalue weighted by Crippen LogP contribution is -2.52. The summed E-state index contributed by atoms with van der Waals surface area (Å²) in [7, 11) is 0. The van der Waals surface area contributed by atoms with Crippen LogP contribution in [0.15, 0.2) is 24.3 Å². The molecule has 0 radical (unpaired) electrons. The van der Waals surface area contributed by atoms with E-state index in [0.717, 1.165) is 32.2 Å². The van der Waals surface area contributed by atoms with E-state index in [1.807, 2.05) is 36.1 Å².